The summed E-state index contributed by atoms with van der Waals surface area (Å²) in [5.41, 5.74) is 11.2. The second-order valence-electron chi connectivity index (χ2n) is 7.14. The summed E-state index contributed by atoms with van der Waals surface area (Å²) < 4.78 is 2.22. The van der Waals surface area contributed by atoms with E-state index in [9.17, 15) is 0 Å². The molecule has 9 heteroatoms. The fourth-order valence-electron chi connectivity index (χ4n) is 2.96. The van der Waals surface area contributed by atoms with Crippen molar-refractivity contribution >= 4 is 67.7 Å². The molecule has 0 aromatic carbocycles. The monoisotopic (exact) mass is 535 g/mol. The first-order valence-corrected chi connectivity index (χ1v) is 13.4. The van der Waals surface area contributed by atoms with Crippen LogP contribution in [0.3, 0.4) is 0 Å². The zero-order chi connectivity index (χ0) is 21.8. The van der Waals surface area contributed by atoms with Gasteiger partial charge in [-0.1, -0.05) is 0 Å². The van der Waals surface area contributed by atoms with Crippen LogP contribution in [0.1, 0.15) is 35.9 Å². The van der Waals surface area contributed by atoms with Gasteiger partial charge in [-0.25, -0.2) is 0 Å². The number of fused-ring (bicyclic) bond motifs is 1. The maximum absolute atomic E-state index is 6.45. The molecule has 0 fully saturated rings. The van der Waals surface area contributed by atoms with E-state index in [0.29, 0.717) is 11.6 Å². The molecular formula is C22H21N7SSn. The Kier molecular flexibility index (Phi) is 6.67. The number of nitrogens with zero attached hydrogens (tertiary/aromatic N) is 6. The number of allylic oxidation sites excluding steroid dienone is 1. The molecule has 4 heterocycles. The number of hydrogen-bond acceptors (Lipinski definition) is 8. The molecule has 4 aromatic rings. The maximum atomic E-state index is 6.45. The Bertz CT molecular complexity index is 1270. The van der Waals surface area contributed by atoms with Crippen molar-refractivity contribution in [3.05, 3.63) is 65.1 Å². The van der Waals surface area contributed by atoms with Crippen LogP contribution in [0.4, 0.5) is 0 Å². The van der Waals surface area contributed by atoms with Crippen molar-refractivity contribution in [2.24, 2.45) is 10.7 Å². The fraction of sp³-hybridized carbons (Fsp3) is 0.182. The quantitative estimate of drug-likeness (QED) is 0.301. The molecule has 0 amide bonds. The summed E-state index contributed by atoms with van der Waals surface area (Å²) in [5, 5.41) is 9.78. The molecular weight excluding hydrogens is 513 g/mol. The predicted molar refractivity (Wildman–Crippen MR) is 128 cm³/mol. The number of hydrogen-bond donors (Lipinski definition) is 1. The van der Waals surface area contributed by atoms with Crippen LogP contribution in [-0.4, -0.2) is 59.6 Å². The molecule has 154 valence electrons. The van der Waals surface area contributed by atoms with E-state index < -0.39 is 21.1 Å². The Morgan fingerprint density at radius 3 is 2.71 bits per heavy atom. The van der Waals surface area contributed by atoms with E-state index in [0.717, 1.165) is 39.5 Å². The van der Waals surface area contributed by atoms with Crippen LogP contribution in [-0.2, 0) is 0 Å². The Hall–Kier alpha value is -2.72. The molecule has 0 saturated heterocycles. The Morgan fingerprint density at radius 2 is 2.00 bits per heavy atom. The number of pyridine rings is 3. The normalized spacial score (nSPS) is 12.6. The second kappa shape index (κ2) is 9.61. The van der Waals surface area contributed by atoms with Gasteiger partial charge >= 0.3 is 195 Å². The van der Waals surface area contributed by atoms with E-state index in [1.807, 2.05) is 30.5 Å². The number of rotatable bonds is 6. The third-order valence-electron chi connectivity index (χ3n) is 4.54. The van der Waals surface area contributed by atoms with Crippen molar-refractivity contribution in [1.82, 2.24) is 25.1 Å². The first-order valence-electron chi connectivity index (χ1n) is 9.75. The Balaban J connectivity index is 1.71. The van der Waals surface area contributed by atoms with Gasteiger partial charge in [-0.05, 0) is 0 Å². The molecule has 4 aromatic heterocycles. The molecule has 0 aliphatic carbocycles. The van der Waals surface area contributed by atoms with Gasteiger partial charge < -0.3 is 0 Å². The summed E-state index contributed by atoms with van der Waals surface area (Å²) in [6.07, 6.45) is 7.02. The standard InChI is InChI=1S/C17H14N5.C5H7N2S.Sn/c1-19-11-14(17(18)12-4-2-6-20-9-12)13-8-16-15(22-10-13)5-3-7-21-16;1-4(2)5-7-6-3-8-5;/h2-6,8-11H,18H2,1H3;4H,1-2H3;. The third kappa shape index (κ3) is 4.96. The molecule has 0 bridgehead atoms. The van der Waals surface area contributed by atoms with Crippen molar-refractivity contribution in [3.63, 3.8) is 0 Å². The van der Waals surface area contributed by atoms with Gasteiger partial charge in [0, 0.05) is 0 Å². The minimum atomic E-state index is -1.12. The summed E-state index contributed by atoms with van der Waals surface area (Å²) in [5.74, 6) is 0.401. The molecule has 0 aliphatic heterocycles. The van der Waals surface area contributed by atoms with E-state index in [1.54, 1.807) is 37.0 Å². The van der Waals surface area contributed by atoms with Crippen LogP contribution in [0, 0.1) is 0 Å². The molecule has 31 heavy (non-hydrogen) atoms. The van der Waals surface area contributed by atoms with Crippen LogP contribution in [0.2, 0.25) is 0 Å². The third-order valence-corrected chi connectivity index (χ3v) is 9.56. The topological polar surface area (TPSA) is 103 Å². The summed E-state index contributed by atoms with van der Waals surface area (Å²) >= 11 is 0.588. The van der Waals surface area contributed by atoms with E-state index in [1.165, 1.54) is 0 Å². The van der Waals surface area contributed by atoms with Gasteiger partial charge in [-0.2, -0.15) is 0 Å². The summed E-state index contributed by atoms with van der Waals surface area (Å²) in [6, 6.07) is 9.89. The van der Waals surface area contributed by atoms with E-state index >= 15 is 0 Å². The molecule has 2 N–H and O–H groups in total. The van der Waals surface area contributed by atoms with Gasteiger partial charge in [0.2, 0.25) is 0 Å². The SMILES string of the molecule is CN=CC(=C(N)c1cccnc1)c1cnc2cc[c]([Sn][c]3nnc(C(C)C)s3)nc2c1. The number of aromatic nitrogens is 5. The van der Waals surface area contributed by atoms with Crippen molar-refractivity contribution < 1.29 is 0 Å². The van der Waals surface area contributed by atoms with Crippen LogP contribution in [0.5, 0.6) is 0 Å². The number of nitrogens with two attached hydrogens (primary N) is 1. The minimum absolute atomic E-state index is 0.401. The van der Waals surface area contributed by atoms with Gasteiger partial charge in [0.15, 0.2) is 0 Å². The first-order chi connectivity index (χ1) is 15.0. The zero-order valence-electron chi connectivity index (χ0n) is 17.4. The van der Waals surface area contributed by atoms with Gasteiger partial charge in [-0.15, -0.1) is 0 Å². The molecule has 0 saturated carbocycles. The van der Waals surface area contributed by atoms with Gasteiger partial charge in [0.1, 0.15) is 0 Å². The van der Waals surface area contributed by atoms with Gasteiger partial charge in [-0.3, -0.25) is 0 Å². The Morgan fingerprint density at radius 1 is 1.13 bits per heavy atom. The summed E-state index contributed by atoms with van der Waals surface area (Å²) in [6.45, 7) is 4.28. The van der Waals surface area contributed by atoms with Crippen LogP contribution in [0.25, 0.3) is 22.3 Å². The van der Waals surface area contributed by atoms with Crippen molar-refractivity contribution in [1.29, 1.82) is 0 Å². The zero-order valence-corrected chi connectivity index (χ0v) is 21.1. The molecule has 0 atom stereocenters. The van der Waals surface area contributed by atoms with Gasteiger partial charge in [0.25, 0.3) is 0 Å². The average Bonchev–Trinajstić information content (AvgIpc) is 3.26. The predicted octanol–water partition coefficient (Wildman–Crippen LogP) is 2.18. The van der Waals surface area contributed by atoms with Crippen LogP contribution >= 0.6 is 11.3 Å². The van der Waals surface area contributed by atoms with Crippen molar-refractivity contribution in [2.45, 2.75) is 19.8 Å². The van der Waals surface area contributed by atoms with E-state index in [4.69, 9.17) is 10.7 Å². The number of aliphatic imine (C=N–C) groups is 1. The first kappa shape index (κ1) is 21.5. The van der Waals surface area contributed by atoms with E-state index in [-0.39, 0.29) is 0 Å². The molecule has 0 unspecified atom stereocenters. The summed E-state index contributed by atoms with van der Waals surface area (Å²) in [4.78, 5) is 17.8. The van der Waals surface area contributed by atoms with Gasteiger partial charge in [0.05, 0.1) is 0 Å². The molecule has 2 radical (unpaired) electrons. The van der Waals surface area contributed by atoms with Crippen LogP contribution < -0.4 is 12.5 Å². The molecule has 7 nitrogen and oxygen atoms in total. The summed E-state index contributed by atoms with van der Waals surface area (Å²) in [7, 11) is 1.72. The molecule has 4 rings (SSSR count). The Labute approximate surface area is 194 Å². The second-order valence-corrected chi connectivity index (χ2v) is 12.7. The molecule has 0 spiro atoms. The van der Waals surface area contributed by atoms with Crippen molar-refractivity contribution in [3.8, 4) is 0 Å². The van der Waals surface area contributed by atoms with Crippen LogP contribution in [0.15, 0.2) is 53.9 Å². The average molecular weight is 534 g/mol. The fourth-order valence-corrected chi connectivity index (χ4v) is 7.53. The van der Waals surface area contributed by atoms with Crippen molar-refractivity contribution in [2.75, 3.05) is 7.05 Å². The van der Waals surface area contributed by atoms with E-state index in [2.05, 4.69) is 45.1 Å². The molecule has 0 aliphatic rings.